The van der Waals surface area contributed by atoms with Crippen LogP contribution in [-0.4, -0.2) is 23.6 Å². The first-order valence-electron chi connectivity index (χ1n) is 1.38. The van der Waals surface area contributed by atoms with Gasteiger partial charge in [0.2, 0.25) is 0 Å². The first-order chi connectivity index (χ1) is 2.41. The summed E-state index contributed by atoms with van der Waals surface area (Å²) in [5, 5.41) is 2.75. The predicted molar refractivity (Wildman–Crippen MR) is 30.8 cm³/mol. The number of rotatable bonds is 0. The standard InChI is InChI=1S/C2H7N.ClH3Si/c1-3-2;1-2/h3H,1-2H3;2H3. The minimum Gasteiger partial charge on any atom is -0.323 e. The lowest BCUT2D eigenvalue weighted by Crippen LogP contribution is -1.89. The molecule has 0 heterocycles. The van der Waals surface area contributed by atoms with Gasteiger partial charge in [-0.3, -0.25) is 0 Å². The zero-order chi connectivity index (χ0) is 4.71. The van der Waals surface area contributed by atoms with Gasteiger partial charge >= 0.3 is 0 Å². The topological polar surface area (TPSA) is 12.0 Å². The van der Waals surface area contributed by atoms with Crippen LogP contribution in [0.15, 0.2) is 0 Å². The Labute approximate surface area is 40.8 Å². The Hall–Kier alpha value is 0.467. The van der Waals surface area contributed by atoms with Crippen LogP contribution in [0.25, 0.3) is 0 Å². The maximum absolute atomic E-state index is 4.78. The normalized spacial score (nSPS) is 5.40. The molecule has 3 heteroatoms. The Bertz CT molecular complexity index is 9.61. The molecule has 0 amide bonds. The molecule has 0 aromatic rings. The summed E-state index contributed by atoms with van der Waals surface area (Å²) in [6.07, 6.45) is 0. The van der Waals surface area contributed by atoms with Crippen LogP contribution in [0.5, 0.6) is 0 Å². The second kappa shape index (κ2) is 25.0. The Morgan fingerprint density at radius 2 is 1.40 bits per heavy atom. The summed E-state index contributed by atoms with van der Waals surface area (Å²) in [5.74, 6) is 0. The van der Waals surface area contributed by atoms with E-state index in [-0.39, 0.29) is 0 Å². The molecule has 0 saturated heterocycles. The largest absolute Gasteiger partial charge is 0.323 e. The van der Waals surface area contributed by atoms with Crippen LogP contribution in [0, 0.1) is 0 Å². The van der Waals surface area contributed by atoms with Crippen molar-refractivity contribution in [2.45, 2.75) is 0 Å². The quantitative estimate of drug-likeness (QED) is 0.323. The van der Waals surface area contributed by atoms with Crippen LogP contribution < -0.4 is 5.32 Å². The van der Waals surface area contributed by atoms with Crippen molar-refractivity contribution in [3.05, 3.63) is 0 Å². The maximum Gasteiger partial charge on any atom is 0.109 e. The van der Waals surface area contributed by atoms with Gasteiger partial charge in [0, 0.05) is 0 Å². The molecule has 0 bridgehead atoms. The Morgan fingerprint density at radius 1 is 1.40 bits per heavy atom. The molecule has 0 saturated carbocycles. The molecule has 1 nitrogen and oxygen atoms in total. The van der Waals surface area contributed by atoms with Crippen molar-refractivity contribution in [3.8, 4) is 0 Å². The zero-order valence-corrected chi connectivity index (χ0v) is 6.63. The fourth-order valence-corrected chi connectivity index (χ4v) is 0. The highest BCUT2D eigenvalue weighted by atomic mass is 35.6. The van der Waals surface area contributed by atoms with Gasteiger partial charge in [-0.25, -0.2) is 0 Å². The predicted octanol–water partition coefficient (Wildman–Crippen LogP) is -0.659. The van der Waals surface area contributed by atoms with Crippen molar-refractivity contribution in [1.29, 1.82) is 0 Å². The fraction of sp³-hybridized carbons (Fsp3) is 1.00. The first-order valence-corrected chi connectivity index (χ1v) is 4.40. The van der Waals surface area contributed by atoms with Crippen LogP contribution in [0.3, 0.4) is 0 Å². The van der Waals surface area contributed by atoms with E-state index in [1.165, 1.54) is 0 Å². The summed E-state index contributed by atoms with van der Waals surface area (Å²) in [7, 11) is 4.53. The second-order valence-electron chi connectivity index (χ2n) is 0.500. The van der Waals surface area contributed by atoms with E-state index >= 15 is 0 Å². The smallest absolute Gasteiger partial charge is 0.109 e. The molecule has 0 aliphatic carbocycles. The minimum atomic E-state index is 0.778. The van der Waals surface area contributed by atoms with Crippen LogP contribution in [0.4, 0.5) is 0 Å². The van der Waals surface area contributed by atoms with E-state index in [4.69, 9.17) is 11.1 Å². The average molecular weight is 112 g/mol. The van der Waals surface area contributed by atoms with Gasteiger partial charge in [0.1, 0.15) is 9.55 Å². The lowest BCUT2D eigenvalue weighted by atomic mass is 11.3. The molecule has 0 aromatic heterocycles. The number of hydrogen-bond acceptors (Lipinski definition) is 1. The van der Waals surface area contributed by atoms with E-state index in [1.54, 1.807) is 0 Å². The molecule has 0 spiro atoms. The molecule has 0 rings (SSSR count). The Kier molecular flexibility index (Phi) is 45.3. The minimum absolute atomic E-state index is 0.778. The third kappa shape index (κ3) is 125. The molecule has 0 aromatic carbocycles. The van der Waals surface area contributed by atoms with Gasteiger partial charge in [0.15, 0.2) is 0 Å². The van der Waals surface area contributed by atoms with E-state index < -0.39 is 0 Å². The Balaban J connectivity index is 0. The van der Waals surface area contributed by atoms with Crippen molar-refractivity contribution in [2.24, 2.45) is 0 Å². The third-order valence-electron chi connectivity index (χ3n) is 0. The van der Waals surface area contributed by atoms with Crippen LogP contribution >= 0.6 is 11.1 Å². The van der Waals surface area contributed by atoms with E-state index in [2.05, 4.69) is 5.32 Å². The van der Waals surface area contributed by atoms with Gasteiger partial charge in [0.25, 0.3) is 0 Å². The third-order valence-corrected chi connectivity index (χ3v) is 0. The number of nitrogens with one attached hydrogen (secondary N) is 1. The summed E-state index contributed by atoms with van der Waals surface area (Å²) in [4.78, 5) is 0. The molecule has 0 atom stereocenters. The first kappa shape index (κ1) is 9.08. The summed E-state index contributed by atoms with van der Waals surface area (Å²) >= 11 is 4.78. The van der Waals surface area contributed by atoms with Gasteiger partial charge in [-0.05, 0) is 14.1 Å². The highest BCUT2D eigenvalue weighted by Crippen LogP contribution is 1.29. The van der Waals surface area contributed by atoms with Crippen LogP contribution in [-0.2, 0) is 0 Å². The molecular weight excluding hydrogens is 102 g/mol. The van der Waals surface area contributed by atoms with Crippen LogP contribution in [0.2, 0.25) is 0 Å². The second-order valence-corrected chi connectivity index (χ2v) is 0.500. The molecule has 0 fully saturated rings. The highest BCUT2D eigenvalue weighted by molar-refractivity contribution is 6.80. The molecule has 5 heavy (non-hydrogen) atoms. The van der Waals surface area contributed by atoms with Gasteiger partial charge in [0.05, 0.1) is 0 Å². The molecular formula is C2H10ClNSi. The lowest BCUT2D eigenvalue weighted by Gasteiger charge is -1.59. The van der Waals surface area contributed by atoms with Crippen molar-refractivity contribution in [2.75, 3.05) is 14.1 Å². The van der Waals surface area contributed by atoms with E-state index in [9.17, 15) is 0 Å². The summed E-state index contributed by atoms with van der Waals surface area (Å²) in [6.45, 7) is 0. The van der Waals surface area contributed by atoms with E-state index in [1.807, 2.05) is 14.1 Å². The SMILES string of the molecule is CNC.[SiH3]Cl. The molecule has 1 N–H and O–H groups in total. The number of hydrogen-bond donors (Lipinski definition) is 1. The molecule has 0 unspecified atom stereocenters. The summed E-state index contributed by atoms with van der Waals surface area (Å²) in [6, 6.07) is 0. The highest BCUT2D eigenvalue weighted by Gasteiger charge is 1.25. The van der Waals surface area contributed by atoms with E-state index in [0.29, 0.717) is 0 Å². The van der Waals surface area contributed by atoms with Crippen LogP contribution in [0.1, 0.15) is 0 Å². The van der Waals surface area contributed by atoms with Crippen molar-refractivity contribution in [3.63, 3.8) is 0 Å². The summed E-state index contributed by atoms with van der Waals surface area (Å²) in [5.41, 5.74) is 0. The lowest BCUT2D eigenvalue weighted by molar-refractivity contribution is 1.02. The number of halogens is 1. The molecule has 0 radical (unpaired) electrons. The van der Waals surface area contributed by atoms with Gasteiger partial charge in [-0.15, -0.1) is 0 Å². The summed E-state index contributed by atoms with van der Waals surface area (Å²) < 4.78 is 0. The molecule has 34 valence electrons. The Morgan fingerprint density at radius 3 is 1.40 bits per heavy atom. The zero-order valence-electron chi connectivity index (χ0n) is 3.88. The van der Waals surface area contributed by atoms with Crippen molar-refractivity contribution < 1.29 is 0 Å². The molecule has 0 aliphatic heterocycles. The fourth-order valence-electron chi connectivity index (χ4n) is 0. The van der Waals surface area contributed by atoms with Gasteiger partial charge in [-0.2, -0.15) is 11.1 Å². The molecule has 0 aliphatic rings. The van der Waals surface area contributed by atoms with Crippen molar-refractivity contribution in [1.82, 2.24) is 5.32 Å². The van der Waals surface area contributed by atoms with Crippen molar-refractivity contribution >= 4 is 20.6 Å². The maximum atomic E-state index is 4.78. The van der Waals surface area contributed by atoms with Gasteiger partial charge < -0.3 is 5.32 Å². The van der Waals surface area contributed by atoms with Gasteiger partial charge in [-0.1, -0.05) is 0 Å². The van der Waals surface area contributed by atoms with E-state index in [0.717, 1.165) is 9.55 Å². The monoisotopic (exact) mass is 111 g/mol. The average Bonchev–Trinajstić information content (AvgIpc) is 1.46.